The third kappa shape index (κ3) is 5.73. The van der Waals surface area contributed by atoms with Gasteiger partial charge in [-0.2, -0.15) is 0 Å². The molecule has 7 nitrogen and oxygen atoms in total. The van der Waals surface area contributed by atoms with Crippen LogP contribution in [-0.4, -0.2) is 23.3 Å². The zero-order valence-corrected chi connectivity index (χ0v) is 18.3. The van der Waals surface area contributed by atoms with Crippen molar-refractivity contribution in [1.29, 1.82) is 0 Å². The molecule has 0 saturated heterocycles. The molecule has 2 aromatic carbocycles. The van der Waals surface area contributed by atoms with Crippen LogP contribution in [0.25, 0.3) is 0 Å². The second-order valence-electron chi connectivity index (χ2n) is 7.47. The standard InChI is InChI=1S/C23H26N4O3S/c1-29-20-10-6-5-9-19(20)24-22(28)25-23-27-26-21(31-23)15-30-18-13-11-17(12-14-18)16-7-3-2-4-8-16/h5-6,9-14,16H,2-4,7-8,15H2,1H3,(H2,24,25,27,28). The van der Waals surface area contributed by atoms with Crippen LogP contribution in [0.2, 0.25) is 0 Å². The summed E-state index contributed by atoms with van der Waals surface area (Å²) >= 11 is 1.28. The molecule has 0 radical (unpaired) electrons. The van der Waals surface area contributed by atoms with Crippen molar-refractivity contribution in [2.45, 2.75) is 44.6 Å². The van der Waals surface area contributed by atoms with Crippen LogP contribution in [-0.2, 0) is 6.61 Å². The number of carbonyl (C=O) groups is 1. The lowest BCUT2D eigenvalue weighted by molar-refractivity contribution is 0.262. The van der Waals surface area contributed by atoms with Crippen LogP contribution in [0, 0.1) is 0 Å². The fourth-order valence-corrected chi connectivity index (χ4v) is 4.43. The van der Waals surface area contributed by atoms with Gasteiger partial charge in [0.05, 0.1) is 12.8 Å². The number of amides is 2. The Labute approximate surface area is 185 Å². The molecule has 1 aliphatic rings. The number of rotatable bonds is 7. The minimum absolute atomic E-state index is 0.302. The Hall–Kier alpha value is -3.13. The number of nitrogens with one attached hydrogen (secondary N) is 2. The van der Waals surface area contributed by atoms with E-state index >= 15 is 0 Å². The molecule has 0 unspecified atom stereocenters. The number of para-hydroxylation sites is 2. The molecule has 0 aliphatic heterocycles. The normalized spacial score (nSPS) is 14.1. The molecule has 1 aromatic heterocycles. The molecule has 4 rings (SSSR count). The SMILES string of the molecule is COc1ccccc1NC(=O)Nc1nnc(COc2ccc(C3CCCCC3)cc2)s1. The molecule has 1 aliphatic carbocycles. The van der Waals surface area contributed by atoms with Crippen molar-refractivity contribution < 1.29 is 14.3 Å². The second-order valence-corrected chi connectivity index (χ2v) is 8.54. The first-order chi connectivity index (χ1) is 15.2. The van der Waals surface area contributed by atoms with Gasteiger partial charge in [0.25, 0.3) is 0 Å². The number of benzene rings is 2. The highest BCUT2D eigenvalue weighted by molar-refractivity contribution is 7.15. The van der Waals surface area contributed by atoms with E-state index in [1.807, 2.05) is 24.3 Å². The van der Waals surface area contributed by atoms with E-state index in [0.29, 0.717) is 34.1 Å². The summed E-state index contributed by atoms with van der Waals surface area (Å²) in [5, 5.41) is 14.6. The van der Waals surface area contributed by atoms with Crippen molar-refractivity contribution in [2.75, 3.05) is 17.7 Å². The molecular weight excluding hydrogens is 412 g/mol. The molecule has 1 saturated carbocycles. The smallest absolute Gasteiger partial charge is 0.325 e. The summed E-state index contributed by atoms with van der Waals surface area (Å²) in [4.78, 5) is 12.2. The summed E-state index contributed by atoms with van der Waals surface area (Å²) < 4.78 is 11.1. The predicted molar refractivity (Wildman–Crippen MR) is 122 cm³/mol. The molecule has 3 aromatic rings. The molecule has 1 fully saturated rings. The summed E-state index contributed by atoms with van der Waals surface area (Å²) in [6.07, 6.45) is 6.58. The Bertz CT molecular complexity index is 1000. The van der Waals surface area contributed by atoms with Gasteiger partial charge in [-0.05, 0) is 48.6 Å². The minimum atomic E-state index is -0.411. The maximum absolute atomic E-state index is 12.2. The zero-order chi connectivity index (χ0) is 21.5. The Morgan fingerprint density at radius 2 is 1.81 bits per heavy atom. The molecule has 0 atom stereocenters. The predicted octanol–water partition coefficient (Wildman–Crippen LogP) is 5.82. The van der Waals surface area contributed by atoms with Crippen LogP contribution < -0.4 is 20.1 Å². The first-order valence-corrected chi connectivity index (χ1v) is 11.3. The van der Waals surface area contributed by atoms with E-state index in [4.69, 9.17) is 9.47 Å². The van der Waals surface area contributed by atoms with Crippen LogP contribution in [0.3, 0.4) is 0 Å². The highest BCUT2D eigenvalue weighted by atomic mass is 32.1. The number of nitrogens with zero attached hydrogens (tertiary/aromatic N) is 2. The van der Waals surface area contributed by atoms with Crippen LogP contribution in [0.5, 0.6) is 11.5 Å². The van der Waals surface area contributed by atoms with Gasteiger partial charge in [-0.1, -0.05) is 54.9 Å². The van der Waals surface area contributed by atoms with E-state index in [1.165, 1.54) is 49.0 Å². The number of hydrogen-bond donors (Lipinski definition) is 2. The monoisotopic (exact) mass is 438 g/mol. The van der Waals surface area contributed by atoms with E-state index in [1.54, 1.807) is 19.2 Å². The number of aromatic nitrogens is 2. The topological polar surface area (TPSA) is 85.4 Å². The van der Waals surface area contributed by atoms with Gasteiger partial charge >= 0.3 is 6.03 Å². The largest absolute Gasteiger partial charge is 0.495 e. The van der Waals surface area contributed by atoms with E-state index in [2.05, 4.69) is 33.0 Å². The minimum Gasteiger partial charge on any atom is -0.495 e. The van der Waals surface area contributed by atoms with Crippen molar-refractivity contribution in [3.63, 3.8) is 0 Å². The highest BCUT2D eigenvalue weighted by Crippen LogP contribution is 2.33. The first-order valence-electron chi connectivity index (χ1n) is 10.5. The third-order valence-electron chi connectivity index (χ3n) is 5.36. The molecule has 8 heteroatoms. The maximum atomic E-state index is 12.2. The van der Waals surface area contributed by atoms with Gasteiger partial charge in [-0.3, -0.25) is 5.32 Å². The average molecular weight is 439 g/mol. The number of methoxy groups -OCH3 is 1. The average Bonchev–Trinajstić information content (AvgIpc) is 3.26. The van der Waals surface area contributed by atoms with Crippen molar-refractivity contribution in [3.05, 3.63) is 59.1 Å². The molecule has 1 heterocycles. The number of ether oxygens (including phenoxy) is 2. The zero-order valence-electron chi connectivity index (χ0n) is 17.5. The summed E-state index contributed by atoms with van der Waals surface area (Å²) in [6.45, 7) is 0.302. The fraction of sp³-hybridized carbons (Fsp3) is 0.348. The molecule has 2 amide bonds. The van der Waals surface area contributed by atoms with Crippen molar-refractivity contribution in [2.24, 2.45) is 0 Å². The number of urea groups is 1. The third-order valence-corrected chi connectivity index (χ3v) is 6.17. The lowest BCUT2D eigenvalue weighted by atomic mass is 9.84. The number of hydrogen-bond acceptors (Lipinski definition) is 6. The lowest BCUT2D eigenvalue weighted by Crippen LogP contribution is -2.19. The van der Waals surface area contributed by atoms with Crippen molar-refractivity contribution in [3.8, 4) is 11.5 Å². The van der Waals surface area contributed by atoms with Crippen LogP contribution in [0.1, 0.15) is 48.6 Å². The number of anilines is 2. The quantitative estimate of drug-likeness (QED) is 0.486. The Morgan fingerprint density at radius 3 is 2.58 bits per heavy atom. The lowest BCUT2D eigenvalue weighted by Gasteiger charge is -2.22. The maximum Gasteiger partial charge on any atom is 0.325 e. The summed E-state index contributed by atoms with van der Waals surface area (Å²) in [5.74, 6) is 2.07. The summed E-state index contributed by atoms with van der Waals surface area (Å²) in [5.41, 5.74) is 1.97. The van der Waals surface area contributed by atoms with Crippen LogP contribution in [0.4, 0.5) is 15.6 Å². The second kappa shape index (κ2) is 10.3. The van der Waals surface area contributed by atoms with E-state index in [0.717, 1.165) is 5.75 Å². The van der Waals surface area contributed by atoms with Crippen LogP contribution in [0.15, 0.2) is 48.5 Å². The summed E-state index contributed by atoms with van der Waals surface area (Å²) in [6, 6.07) is 15.2. The Kier molecular flexibility index (Phi) is 6.99. The van der Waals surface area contributed by atoms with Gasteiger partial charge in [0.2, 0.25) is 5.13 Å². The fourth-order valence-electron chi connectivity index (χ4n) is 3.78. The van der Waals surface area contributed by atoms with Gasteiger partial charge < -0.3 is 14.8 Å². The molecule has 0 spiro atoms. The van der Waals surface area contributed by atoms with E-state index in [9.17, 15) is 4.79 Å². The Balaban J connectivity index is 1.27. The van der Waals surface area contributed by atoms with Crippen LogP contribution >= 0.6 is 11.3 Å². The molecular formula is C23H26N4O3S. The molecule has 2 N–H and O–H groups in total. The first kappa shape index (κ1) is 21.1. The van der Waals surface area contributed by atoms with E-state index < -0.39 is 6.03 Å². The van der Waals surface area contributed by atoms with Gasteiger partial charge in [0, 0.05) is 0 Å². The van der Waals surface area contributed by atoms with Gasteiger partial charge in [0.15, 0.2) is 5.01 Å². The molecule has 31 heavy (non-hydrogen) atoms. The van der Waals surface area contributed by atoms with Gasteiger partial charge in [0.1, 0.15) is 18.1 Å². The van der Waals surface area contributed by atoms with E-state index in [-0.39, 0.29) is 0 Å². The highest BCUT2D eigenvalue weighted by Gasteiger charge is 2.15. The summed E-state index contributed by atoms with van der Waals surface area (Å²) in [7, 11) is 1.55. The van der Waals surface area contributed by atoms with Crippen molar-refractivity contribution in [1.82, 2.24) is 10.2 Å². The molecule has 0 bridgehead atoms. The van der Waals surface area contributed by atoms with Gasteiger partial charge in [-0.15, -0.1) is 10.2 Å². The number of carbonyl (C=O) groups excluding carboxylic acids is 1. The van der Waals surface area contributed by atoms with Gasteiger partial charge in [-0.25, -0.2) is 4.79 Å². The van der Waals surface area contributed by atoms with Crippen molar-refractivity contribution >= 4 is 28.2 Å². The molecule has 162 valence electrons. The Morgan fingerprint density at radius 1 is 1.03 bits per heavy atom.